The van der Waals surface area contributed by atoms with E-state index in [1.165, 1.54) is 0 Å². The molecule has 0 unspecified atom stereocenters. The highest BCUT2D eigenvalue weighted by molar-refractivity contribution is 7.89. The molecule has 0 N–H and O–H groups in total. The zero-order valence-electron chi connectivity index (χ0n) is 11.4. The van der Waals surface area contributed by atoms with Crippen LogP contribution in [0, 0.1) is 6.92 Å². The summed E-state index contributed by atoms with van der Waals surface area (Å²) in [6.45, 7) is 6.59. The molecular formula is C12H21N3O2S. The summed E-state index contributed by atoms with van der Waals surface area (Å²) in [5.41, 5.74) is 0.984. The molecule has 0 amide bonds. The Morgan fingerprint density at radius 2 is 2.11 bits per heavy atom. The summed E-state index contributed by atoms with van der Waals surface area (Å²) in [6, 6.07) is 0. The van der Waals surface area contributed by atoms with Crippen LogP contribution in [-0.4, -0.2) is 40.6 Å². The lowest BCUT2D eigenvalue weighted by atomic mass is 10.1. The van der Waals surface area contributed by atoms with Crippen LogP contribution in [0.5, 0.6) is 0 Å². The van der Waals surface area contributed by atoms with Gasteiger partial charge in [-0.1, -0.05) is 0 Å². The first-order valence-corrected chi connectivity index (χ1v) is 7.81. The number of aryl methyl sites for hydroxylation is 2. The summed E-state index contributed by atoms with van der Waals surface area (Å²) >= 11 is 0. The fourth-order valence-corrected chi connectivity index (χ4v) is 3.83. The predicted molar refractivity (Wildman–Crippen MR) is 70.9 cm³/mol. The first kappa shape index (κ1) is 13.5. The lowest BCUT2D eigenvalue weighted by molar-refractivity contribution is 0.463. The second-order valence-electron chi connectivity index (χ2n) is 5.29. The van der Waals surface area contributed by atoms with Crippen LogP contribution < -0.4 is 0 Å². The smallest absolute Gasteiger partial charge is 0.216 e. The zero-order valence-corrected chi connectivity index (χ0v) is 12.2. The van der Waals surface area contributed by atoms with Crippen LogP contribution in [0.25, 0.3) is 0 Å². The van der Waals surface area contributed by atoms with Gasteiger partial charge >= 0.3 is 0 Å². The molecule has 0 aliphatic carbocycles. The maximum Gasteiger partial charge on any atom is 0.216 e. The van der Waals surface area contributed by atoms with Crippen molar-refractivity contribution in [3.05, 3.63) is 17.7 Å². The van der Waals surface area contributed by atoms with E-state index in [9.17, 15) is 8.42 Å². The predicted octanol–water partition coefficient (Wildman–Crippen LogP) is 1.26. The summed E-state index contributed by atoms with van der Waals surface area (Å²) in [6.07, 6.45) is 2.84. The van der Waals surface area contributed by atoms with E-state index in [1.54, 1.807) is 18.2 Å². The van der Waals surface area contributed by atoms with Crippen LogP contribution >= 0.6 is 0 Å². The molecule has 0 radical (unpaired) electrons. The number of imidazole rings is 1. The van der Waals surface area contributed by atoms with Gasteiger partial charge in [-0.25, -0.2) is 17.7 Å². The van der Waals surface area contributed by atoms with E-state index in [-0.39, 0.29) is 11.2 Å². The minimum atomic E-state index is -3.13. The van der Waals surface area contributed by atoms with Gasteiger partial charge in [0.05, 0.1) is 10.9 Å². The maximum atomic E-state index is 12.1. The van der Waals surface area contributed by atoms with E-state index in [0.717, 1.165) is 17.9 Å². The summed E-state index contributed by atoms with van der Waals surface area (Å²) < 4.78 is 27.8. The Bertz CT molecular complexity index is 534. The Balaban J connectivity index is 2.17. The molecular weight excluding hydrogens is 250 g/mol. The topological polar surface area (TPSA) is 55.2 Å². The van der Waals surface area contributed by atoms with Crippen molar-refractivity contribution in [3.8, 4) is 0 Å². The van der Waals surface area contributed by atoms with Gasteiger partial charge in [-0.15, -0.1) is 0 Å². The number of hydrogen-bond acceptors (Lipinski definition) is 3. The molecule has 2 rings (SSSR count). The summed E-state index contributed by atoms with van der Waals surface area (Å²) in [4.78, 5) is 4.50. The molecule has 0 spiro atoms. The molecule has 1 saturated heterocycles. The first-order valence-electron chi connectivity index (χ1n) is 6.31. The molecule has 1 aliphatic rings. The minimum Gasteiger partial charge on any atom is -0.337 e. The molecule has 0 saturated carbocycles. The van der Waals surface area contributed by atoms with Crippen molar-refractivity contribution >= 4 is 10.0 Å². The molecule has 5 nitrogen and oxygen atoms in total. The van der Waals surface area contributed by atoms with Gasteiger partial charge in [0.2, 0.25) is 10.0 Å². The standard InChI is InChI=1S/C12H21N3O2S/c1-9(2)18(16,17)15-6-5-11(8-15)12-13-10(3)7-14(12)4/h7,9,11H,5-6,8H2,1-4H3/t11-/m1/s1. The van der Waals surface area contributed by atoms with Crippen molar-refractivity contribution < 1.29 is 8.42 Å². The van der Waals surface area contributed by atoms with E-state index in [0.29, 0.717) is 13.1 Å². The molecule has 102 valence electrons. The number of nitrogens with zero attached hydrogens (tertiary/aromatic N) is 3. The number of aromatic nitrogens is 2. The van der Waals surface area contributed by atoms with Gasteiger partial charge in [0.15, 0.2) is 0 Å². The molecule has 18 heavy (non-hydrogen) atoms. The molecule has 1 aliphatic heterocycles. The molecule has 2 heterocycles. The third kappa shape index (κ3) is 2.31. The second-order valence-corrected chi connectivity index (χ2v) is 7.78. The Labute approximate surface area is 109 Å². The third-order valence-corrected chi connectivity index (χ3v) is 5.75. The molecule has 1 atom stereocenters. The van der Waals surface area contributed by atoms with Crippen LogP contribution in [0.3, 0.4) is 0 Å². The maximum absolute atomic E-state index is 12.1. The van der Waals surface area contributed by atoms with Crippen molar-refractivity contribution in [1.82, 2.24) is 13.9 Å². The zero-order chi connectivity index (χ0) is 13.5. The number of rotatable bonds is 3. The van der Waals surface area contributed by atoms with Gasteiger partial charge in [0.25, 0.3) is 0 Å². The van der Waals surface area contributed by atoms with Crippen molar-refractivity contribution in [2.24, 2.45) is 7.05 Å². The minimum absolute atomic E-state index is 0.220. The Morgan fingerprint density at radius 1 is 1.44 bits per heavy atom. The summed E-state index contributed by atoms with van der Waals surface area (Å²) in [7, 11) is -1.16. The molecule has 1 fully saturated rings. The van der Waals surface area contributed by atoms with Crippen molar-refractivity contribution in [2.45, 2.75) is 38.4 Å². The van der Waals surface area contributed by atoms with Crippen LogP contribution in [0.15, 0.2) is 6.20 Å². The van der Waals surface area contributed by atoms with E-state index in [4.69, 9.17) is 0 Å². The van der Waals surface area contributed by atoms with Crippen molar-refractivity contribution in [3.63, 3.8) is 0 Å². The normalized spacial score (nSPS) is 21.9. The van der Waals surface area contributed by atoms with E-state index >= 15 is 0 Å². The fourth-order valence-electron chi connectivity index (χ4n) is 2.48. The van der Waals surface area contributed by atoms with E-state index in [2.05, 4.69) is 4.98 Å². The largest absolute Gasteiger partial charge is 0.337 e. The molecule has 1 aromatic heterocycles. The Hall–Kier alpha value is -0.880. The molecule has 1 aromatic rings. The summed E-state index contributed by atoms with van der Waals surface area (Å²) in [5, 5.41) is -0.348. The van der Waals surface area contributed by atoms with E-state index in [1.807, 2.05) is 24.7 Å². The lowest BCUT2D eigenvalue weighted by Crippen LogP contribution is -2.34. The number of sulfonamides is 1. The van der Waals surface area contributed by atoms with Crippen molar-refractivity contribution in [1.29, 1.82) is 0 Å². The van der Waals surface area contributed by atoms with Gasteiger partial charge < -0.3 is 4.57 Å². The van der Waals surface area contributed by atoms with Crippen LogP contribution in [0.1, 0.15) is 37.7 Å². The highest BCUT2D eigenvalue weighted by Gasteiger charge is 2.35. The number of hydrogen-bond donors (Lipinski definition) is 0. The van der Waals surface area contributed by atoms with Gasteiger partial charge in [-0.05, 0) is 27.2 Å². The van der Waals surface area contributed by atoms with Gasteiger partial charge in [0.1, 0.15) is 5.82 Å². The van der Waals surface area contributed by atoms with Crippen LogP contribution in [-0.2, 0) is 17.1 Å². The average Bonchev–Trinajstić information content (AvgIpc) is 2.84. The SMILES string of the molecule is Cc1cn(C)c([C@@H]2CCN(S(=O)(=O)C(C)C)C2)n1. The fraction of sp³-hybridized carbons (Fsp3) is 0.750. The van der Waals surface area contributed by atoms with Crippen LogP contribution in [0.4, 0.5) is 0 Å². The quantitative estimate of drug-likeness (QED) is 0.831. The van der Waals surface area contributed by atoms with Crippen LogP contribution in [0.2, 0.25) is 0 Å². The highest BCUT2D eigenvalue weighted by Crippen LogP contribution is 2.29. The van der Waals surface area contributed by atoms with Gasteiger partial charge in [0, 0.05) is 32.3 Å². The lowest BCUT2D eigenvalue weighted by Gasteiger charge is -2.19. The first-order chi connectivity index (χ1) is 8.32. The van der Waals surface area contributed by atoms with Crippen molar-refractivity contribution in [2.75, 3.05) is 13.1 Å². The molecule has 0 aromatic carbocycles. The highest BCUT2D eigenvalue weighted by atomic mass is 32.2. The van der Waals surface area contributed by atoms with Gasteiger partial charge in [-0.2, -0.15) is 0 Å². The Kier molecular flexibility index (Phi) is 3.51. The molecule has 6 heteroatoms. The van der Waals surface area contributed by atoms with Gasteiger partial charge in [-0.3, -0.25) is 0 Å². The Morgan fingerprint density at radius 3 is 2.61 bits per heavy atom. The summed E-state index contributed by atoms with van der Waals surface area (Å²) in [5.74, 6) is 1.21. The van der Waals surface area contributed by atoms with E-state index < -0.39 is 10.0 Å². The second kappa shape index (κ2) is 4.66. The third-order valence-electron chi connectivity index (χ3n) is 3.50. The average molecular weight is 271 g/mol. The monoisotopic (exact) mass is 271 g/mol. The molecule has 0 bridgehead atoms.